The van der Waals surface area contributed by atoms with E-state index in [9.17, 15) is 15.0 Å². The predicted octanol–water partition coefficient (Wildman–Crippen LogP) is 3.67. The van der Waals surface area contributed by atoms with Crippen molar-refractivity contribution in [2.45, 2.75) is 96.4 Å². The van der Waals surface area contributed by atoms with Crippen molar-refractivity contribution < 1.29 is 24.5 Å². The van der Waals surface area contributed by atoms with E-state index >= 15 is 0 Å². The smallest absolute Gasteiger partial charge is 0.302 e. The van der Waals surface area contributed by atoms with E-state index in [1.807, 2.05) is 12.1 Å². The first-order chi connectivity index (χ1) is 17.7. The lowest BCUT2D eigenvalue weighted by Crippen LogP contribution is -2.41. The molecule has 8 heteroatoms. The van der Waals surface area contributed by atoms with Crippen LogP contribution in [0.4, 0.5) is 0 Å². The summed E-state index contributed by atoms with van der Waals surface area (Å²) in [5.74, 6) is 7.34. The van der Waals surface area contributed by atoms with E-state index < -0.39 is 12.2 Å². The fourth-order valence-electron chi connectivity index (χ4n) is 5.28. The van der Waals surface area contributed by atoms with Gasteiger partial charge in [0.25, 0.3) is 0 Å². The Bertz CT molecular complexity index is 995. The van der Waals surface area contributed by atoms with E-state index in [0.717, 1.165) is 37.7 Å². The van der Waals surface area contributed by atoms with Gasteiger partial charge in [-0.1, -0.05) is 18.9 Å². The van der Waals surface area contributed by atoms with Gasteiger partial charge >= 0.3 is 5.97 Å². The molecule has 0 heterocycles. The fraction of sp³-hybridized carbons (Fsp3) is 0.655. The van der Waals surface area contributed by atoms with Gasteiger partial charge in [-0.05, 0) is 69.1 Å². The van der Waals surface area contributed by atoms with Crippen molar-refractivity contribution in [3.8, 4) is 23.3 Å². The van der Waals surface area contributed by atoms with Gasteiger partial charge in [0.2, 0.25) is 0 Å². The monoisotopic (exact) mass is 513 g/mol. The minimum absolute atomic E-state index is 0.127. The van der Waals surface area contributed by atoms with Gasteiger partial charge in [0.1, 0.15) is 6.10 Å². The SMILES string of the molecule is CCC1(CNC(N)=NC)C#CCC(Cc2ccc(O)c(OC3CCCC3)c2)C(OC(C)=O)CC(O)CC1. The molecule has 0 aliphatic heterocycles. The number of hydrogen-bond donors (Lipinski definition) is 4. The van der Waals surface area contributed by atoms with Gasteiger partial charge in [-0.2, -0.15) is 0 Å². The van der Waals surface area contributed by atoms with Gasteiger partial charge in [0.05, 0.1) is 12.2 Å². The Morgan fingerprint density at radius 3 is 2.73 bits per heavy atom. The Labute approximate surface area is 221 Å². The number of carbonyl (C=O) groups is 1. The van der Waals surface area contributed by atoms with Gasteiger partial charge in [-0.15, -0.1) is 5.92 Å². The Kier molecular flexibility index (Phi) is 10.5. The standard InChI is InChI=1S/C29H43N3O5/c1-4-29(19-32-28(30)31-3)14-7-8-22(26(36-20(2)33)18-23(34)13-15-29)16-21-11-12-25(35)27(17-21)37-24-9-5-6-10-24/h11-12,17,22-24,26,34-35H,4-6,8-10,13,15-16,18-19H2,1-3H3,(H3,30,31,32). The summed E-state index contributed by atoms with van der Waals surface area (Å²) >= 11 is 0. The van der Waals surface area contributed by atoms with E-state index in [0.29, 0.717) is 50.4 Å². The summed E-state index contributed by atoms with van der Waals surface area (Å²) in [6.07, 6.45) is 6.78. The Morgan fingerprint density at radius 1 is 1.30 bits per heavy atom. The van der Waals surface area contributed by atoms with Crippen molar-refractivity contribution in [1.29, 1.82) is 0 Å². The maximum atomic E-state index is 12.0. The molecule has 4 unspecified atom stereocenters. The van der Waals surface area contributed by atoms with Crippen LogP contribution in [-0.4, -0.2) is 54.0 Å². The van der Waals surface area contributed by atoms with E-state index in [-0.39, 0.29) is 29.2 Å². The number of aromatic hydroxyl groups is 1. The number of aliphatic hydroxyl groups is 1. The van der Waals surface area contributed by atoms with E-state index in [1.54, 1.807) is 13.1 Å². The molecule has 8 nitrogen and oxygen atoms in total. The van der Waals surface area contributed by atoms with Crippen LogP contribution in [0.2, 0.25) is 0 Å². The molecule has 37 heavy (non-hydrogen) atoms. The molecule has 0 spiro atoms. The molecule has 0 amide bonds. The molecule has 4 atom stereocenters. The average molecular weight is 514 g/mol. The van der Waals surface area contributed by atoms with Crippen LogP contribution in [0, 0.1) is 23.2 Å². The Balaban J connectivity index is 1.86. The number of phenolic OH excluding ortho intramolecular Hbond substituents is 1. The number of hydrogen-bond acceptors (Lipinski definition) is 6. The number of guanidine groups is 1. The van der Waals surface area contributed by atoms with E-state index in [4.69, 9.17) is 15.2 Å². The van der Waals surface area contributed by atoms with Gasteiger partial charge in [-0.3, -0.25) is 9.79 Å². The van der Waals surface area contributed by atoms with Crippen LogP contribution in [-0.2, 0) is 16.0 Å². The number of rotatable bonds is 8. The molecule has 1 fully saturated rings. The molecule has 0 saturated heterocycles. The van der Waals surface area contributed by atoms with Crippen LogP contribution in [0.15, 0.2) is 23.2 Å². The molecule has 5 N–H and O–H groups in total. The van der Waals surface area contributed by atoms with E-state index in [2.05, 4.69) is 29.1 Å². The largest absolute Gasteiger partial charge is 0.504 e. The molecular weight excluding hydrogens is 470 g/mol. The van der Waals surface area contributed by atoms with Crippen LogP contribution in [0.5, 0.6) is 11.5 Å². The van der Waals surface area contributed by atoms with E-state index in [1.165, 1.54) is 6.92 Å². The third-order valence-corrected chi connectivity index (χ3v) is 7.66. The van der Waals surface area contributed by atoms with Crippen molar-refractivity contribution in [3.05, 3.63) is 23.8 Å². The van der Waals surface area contributed by atoms with Crippen LogP contribution in [0.25, 0.3) is 0 Å². The molecule has 0 radical (unpaired) electrons. The molecule has 1 aromatic rings. The van der Waals surface area contributed by atoms with Gasteiger partial charge in [-0.25, -0.2) is 0 Å². The molecule has 2 aliphatic carbocycles. The summed E-state index contributed by atoms with van der Waals surface area (Å²) in [6, 6.07) is 5.42. The van der Waals surface area contributed by atoms with Gasteiger partial charge in [0.15, 0.2) is 17.5 Å². The number of phenols is 1. The van der Waals surface area contributed by atoms with Crippen LogP contribution in [0.3, 0.4) is 0 Å². The predicted molar refractivity (Wildman–Crippen MR) is 144 cm³/mol. The minimum atomic E-state index is -0.629. The Morgan fingerprint density at radius 2 is 2.05 bits per heavy atom. The first-order valence-corrected chi connectivity index (χ1v) is 13.5. The highest BCUT2D eigenvalue weighted by atomic mass is 16.5. The second kappa shape index (κ2) is 13.6. The number of aliphatic hydroxyl groups excluding tert-OH is 1. The third kappa shape index (κ3) is 8.57. The molecule has 1 saturated carbocycles. The second-order valence-electron chi connectivity index (χ2n) is 10.5. The molecule has 0 aromatic heterocycles. The summed E-state index contributed by atoms with van der Waals surface area (Å²) in [6.45, 7) is 4.04. The number of aliphatic imine (C=N–C) groups is 1. The topological polar surface area (TPSA) is 126 Å². The zero-order valence-electron chi connectivity index (χ0n) is 22.5. The zero-order valence-corrected chi connectivity index (χ0v) is 22.5. The van der Waals surface area contributed by atoms with Crippen LogP contribution >= 0.6 is 0 Å². The Hall–Kier alpha value is -2.92. The molecule has 0 bridgehead atoms. The van der Waals surface area contributed by atoms with Crippen molar-refractivity contribution in [2.75, 3.05) is 13.6 Å². The average Bonchev–Trinajstić information content (AvgIpc) is 3.38. The maximum absolute atomic E-state index is 12.0. The number of esters is 1. The van der Waals surface area contributed by atoms with Gasteiger partial charge < -0.3 is 30.7 Å². The van der Waals surface area contributed by atoms with Crippen LogP contribution < -0.4 is 15.8 Å². The summed E-state index contributed by atoms with van der Waals surface area (Å²) < 4.78 is 11.8. The molecule has 204 valence electrons. The fourth-order valence-corrected chi connectivity index (χ4v) is 5.28. The molecule has 1 aromatic carbocycles. The highest BCUT2D eigenvalue weighted by molar-refractivity contribution is 5.77. The zero-order chi connectivity index (χ0) is 26.8. The number of nitrogens with zero attached hydrogens (tertiary/aromatic N) is 1. The number of benzene rings is 1. The summed E-state index contributed by atoms with van der Waals surface area (Å²) in [7, 11) is 1.64. The minimum Gasteiger partial charge on any atom is -0.504 e. The quantitative estimate of drug-likeness (QED) is 0.181. The first-order valence-electron chi connectivity index (χ1n) is 13.5. The van der Waals surface area contributed by atoms with Crippen molar-refractivity contribution in [2.24, 2.45) is 22.1 Å². The summed E-state index contributed by atoms with van der Waals surface area (Å²) in [4.78, 5) is 15.9. The first kappa shape index (κ1) is 28.6. The number of nitrogens with two attached hydrogens (primary N) is 1. The lowest BCUT2D eigenvalue weighted by atomic mass is 9.77. The third-order valence-electron chi connectivity index (χ3n) is 7.66. The summed E-state index contributed by atoms with van der Waals surface area (Å²) in [5, 5.41) is 24.5. The highest BCUT2D eigenvalue weighted by Crippen LogP contribution is 2.35. The maximum Gasteiger partial charge on any atom is 0.302 e. The lowest BCUT2D eigenvalue weighted by Gasteiger charge is -2.32. The summed E-state index contributed by atoms with van der Waals surface area (Å²) in [5.41, 5.74) is 6.49. The highest BCUT2D eigenvalue weighted by Gasteiger charge is 2.32. The normalized spacial score (nSPS) is 27.1. The van der Waals surface area contributed by atoms with Crippen molar-refractivity contribution >= 4 is 11.9 Å². The van der Waals surface area contributed by atoms with Crippen molar-refractivity contribution in [3.63, 3.8) is 0 Å². The second-order valence-corrected chi connectivity index (χ2v) is 10.5. The lowest BCUT2D eigenvalue weighted by molar-refractivity contribution is -0.151. The van der Waals surface area contributed by atoms with Gasteiger partial charge in [0, 0.05) is 44.7 Å². The van der Waals surface area contributed by atoms with Crippen LogP contribution in [0.1, 0.15) is 77.2 Å². The van der Waals surface area contributed by atoms with Crippen molar-refractivity contribution in [1.82, 2.24) is 5.32 Å². The molecular formula is C29H43N3O5. The number of carbonyl (C=O) groups excluding carboxylic acids is 1. The number of ether oxygens (including phenoxy) is 2. The molecule has 2 aliphatic rings. The molecule has 3 rings (SSSR count). The number of nitrogens with one attached hydrogen (secondary N) is 1.